The van der Waals surface area contributed by atoms with Crippen LogP contribution in [0.4, 0.5) is 11.4 Å². The van der Waals surface area contributed by atoms with Gasteiger partial charge in [0.15, 0.2) is 17.3 Å². The molecule has 0 saturated carbocycles. The number of fused-ring (bicyclic) bond motifs is 1. The second-order valence-electron chi connectivity index (χ2n) is 4.49. The zero-order chi connectivity index (χ0) is 13.9. The van der Waals surface area contributed by atoms with E-state index in [1.807, 2.05) is 6.07 Å². The number of aryl methyl sites for hydroxylation is 1. The summed E-state index contributed by atoms with van der Waals surface area (Å²) in [6.45, 7) is 3.53. The van der Waals surface area contributed by atoms with Crippen LogP contribution in [-0.4, -0.2) is 29.9 Å². The van der Waals surface area contributed by atoms with Gasteiger partial charge in [-0.25, -0.2) is 0 Å². The average Bonchev–Trinajstić information content (AvgIpc) is 2.85. The molecule has 0 spiro atoms. The molecular weight excluding hydrogens is 260 g/mol. The molecule has 2 heterocycles. The average molecular weight is 276 g/mol. The molecule has 3 N–H and O–H groups in total. The highest BCUT2D eigenvalue weighted by Crippen LogP contribution is 2.36. The van der Waals surface area contributed by atoms with E-state index in [4.69, 9.17) is 19.7 Å². The van der Waals surface area contributed by atoms with Gasteiger partial charge in [-0.15, -0.1) is 0 Å². The molecule has 3 rings (SSSR count). The summed E-state index contributed by atoms with van der Waals surface area (Å²) in [5.41, 5.74) is 7.42. The van der Waals surface area contributed by atoms with Gasteiger partial charge in [-0.1, -0.05) is 5.16 Å². The molecule has 0 atom stereocenters. The maximum atomic E-state index is 5.98. The maximum absolute atomic E-state index is 5.98. The van der Waals surface area contributed by atoms with Crippen LogP contribution in [-0.2, 0) is 6.42 Å². The minimum Gasteiger partial charge on any atom is -0.486 e. The van der Waals surface area contributed by atoms with E-state index in [0.717, 1.165) is 5.69 Å². The van der Waals surface area contributed by atoms with Crippen molar-refractivity contribution < 1.29 is 14.0 Å². The summed E-state index contributed by atoms with van der Waals surface area (Å²) < 4.78 is 15.9. The van der Waals surface area contributed by atoms with Gasteiger partial charge < -0.3 is 25.0 Å². The van der Waals surface area contributed by atoms with Crippen LogP contribution < -0.4 is 20.5 Å². The summed E-state index contributed by atoms with van der Waals surface area (Å²) in [6, 6.07) is 3.63. The van der Waals surface area contributed by atoms with Gasteiger partial charge in [-0.3, -0.25) is 0 Å². The monoisotopic (exact) mass is 276 g/mol. The molecular formula is C13H16N4O3. The lowest BCUT2D eigenvalue weighted by molar-refractivity contribution is 0.172. The first-order chi connectivity index (χ1) is 9.72. The molecule has 0 fully saturated rings. The summed E-state index contributed by atoms with van der Waals surface area (Å²) in [5.74, 6) is 2.64. The summed E-state index contributed by atoms with van der Waals surface area (Å²) in [5, 5.41) is 7.08. The number of hydrogen-bond donors (Lipinski definition) is 2. The Balaban J connectivity index is 1.65. The van der Waals surface area contributed by atoms with Gasteiger partial charge in [0.05, 0.1) is 11.4 Å². The van der Waals surface area contributed by atoms with Crippen LogP contribution in [0.5, 0.6) is 11.5 Å². The Labute approximate surface area is 116 Å². The quantitative estimate of drug-likeness (QED) is 0.814. The van der Waals surface area contributed by atoms with E-state index in [-0.39, 0.29) is 0 Å². The minimum atomic E-state index is 0.552. The van der Waals surface area contributed by atoms with E-state index in [2.05, 4.69) is 15.5 Å². The van der Waals surface area contributed by atoms with Crippen molar-refractivity contribution in [3.05, 3.63) is 23.8 Å². The Morgan fingerprint density at radius 1 is 1.25 bits per heavy atom. The van der Waals surface area contributed by atoms with Crippen molar-refractivity contribution in [2.75, 3.05) is 30.8 Å². The Kier molecular flexibility index (Phi) is 3.32. The number of nitrogens with one attached hydrogen (secondary N) is 1. The Morgan fingerprint density at radius 3 is 2.70 bits per heavy atom. The fourth-order valence-electron chi connectivity index (χ4n) is 2.01. The lowest BCUT2D eigenvalue weighted by atomic mass is 10.2. The third kappa shape index (κ3) is 2.61. The van der Waals surface area contributed by atoms with E-state index < -0.39 is 0 Å². The molecule has 0 amide bonds. The van der Waals surface area contributed by atoms with E-state index in [0.29, 0.717) is 55.1 Å². The lowest BCUT2D eigenvalue weighted by Crippen LogP contribution is -2.16. The molecule has 1 aromatic carbocycles. The molecule has 7 heteroatoms. The number of anilines is 2. The maximum Gasteiger partial charge on any atom is 0.223 e. The van der Waals surface area contributed by atoms with Crippen molar-refractivity contribution in [2.24, 2.45) is 0 Å². The highest BCUT2D eigenvalue weighted by molar-refractivity contribution is 5.72. The van der Waals surface area contributed by atoms with E-state index >= 15 is 0 Å². The van der Waals surface area contributed by atoms with Crippen molar-refractivity contribution in [1.82, 2.24) is 10.1 Å². The van der Waals surface area contributed by atoms with Gasteiger partial charge in [-0.2, -0.15) is 4.98 Å². The van der Waals surface area contributed by atoms with E-state index in [9.17, 15) is 0 Å². The number of nitrogens with two attached hydrogens (primary N) is 1. The predicted molar refractivity (Wildman–Crippen MR) is 73.1 cm³/mol. The molecule has 106 valence electrons. The topological polar surface area (TPSA) is 95.4 Å². The Hall–Kier alpha value is -2.44. The molecule has 0 aliphatic carbocycles. The van der Waals surface area contributed by atoms with Crippen molar-refractivity contribution in [3.8, 4) is 11.5 Å². The van der Waals surface area contributed by atoms with E-state index in [1.165, 1.54) is 0 Å². The molecule has 0 unspecified atom stereocenters. The lowest BCUT2D eigenvalue weighted by Gasteiger charge is -2.20. The summed E-state index contributed by atoms with van der Waals surface area (Å²) in [6.07, 6.45) is 0.658. The van der Waals surface area contributed by atoms with Gasteiger partial charge in [0.1, 0.15) is 13.2 Å². The number of benzene rings is 1. The Bertz CT molecular complexity index is 612. The van der Waals surface area contributed by atoms with Crippen molar-refractivity contribution in [1.29, 1.82) is 0 Å². The van der Waals surface area contributed by atoms with Crippen LogP contribution in [0.25, 0.3) is 0 Å². The normalized spacial score (nSPS) is 13.2. The fraction of sp³-hybridized carbons (Fsp3) is 0.385. The van der Waals surface area contributed by atoms with Gasteiger partial charge >= 0.3 is 0 Å². The third-order valence-electron chi connectivity index (χ3n) is 2.95. The first-order valence-electron chi connectivity index (χ1n) is 6.44. The highest BCUT2D eigenvalue weighted by atomic mass is 16.6. The molecule has 2 aromatic rings. The van der Waals surface area contributed by atoms with Crippen molar-refractivity contribution >= 4 is 11.4 Å². The van der Waals surface area contributed by atoms with E-state index in [1.54, 1.807) is 13.0 Å². The predicted octanol–water partition coefficient (Wildman–Crippen LogP) is 1.39. The largest absolute Gasteiger partial charge is 0.486 e. The van der Waals surface area contributed by atoms with Crippen LogP contribution in [0.3, 0.4) is 0 Å². The third-order valence-corrected chi connectivity index (χ3v) is 2.95. The number of aromatic nitrogens is 2. The molecule has 20 heavy (non-hydrogen) atoms. The number of hydrogen-bond acceptors (Lipinski definition) is 7. The Morgan fingerprint density at radius 2 is 2.00 bits per heavy atom. The van der Waals surface area contributed by atoms with Crippen LogP contribution in [0.2, 0.25) is 0 Å². The number of rotatable bonds is 4. The summed E-state index contributed by atoms with van der Waals surface area (Å²) in [7, 11) is 0. The van der Waals surface area contributed by atoms with Crippen LogP contribution in [0, 0.1) is 6.92 Å². The molecule has 1 aliphatic heterocycles. The van der Waals surface area contributed by atoms with Gasteiger partial charge in [0.2, 0.25) is 5.89 Å². The zero-order valence-corrected chi connectivity index (χ0v) is 11.2. The molecule has 0 saturated heterocycles. The fourth-order valence-corrected chi connectivity index (χ4v) is 2.01. The van der Waals surface area contributed by atoms with Gasteiger partial charge in [0.25, 0.3) is 0 Å². The number of nitrogens with zero attached hydrogens (tertiary/aromatic N) is 2. The second-order valence-corrected chi connectivity index (χ2v) is 4.49. The van der Waals surface area contributed by atoms with Gasteiger partial charge in [0, 0.05) is 32.0 Å². The molecule has 1 aromatic heterocycles. The van der Waals surface area contributed by atoms with Crippen LogP contribution >= 0.6 is 0 Å². The first kappa shape index (κ1) is 12.6. The molecule has 7 nitrogen and oxygen atoms in total. The standard InChI is InChI=1S/C13H16N4O3/c1-8-16-13(17-20-8)2-3-15-10-7-12-11(6-9(10)14)18-4-5-19-12/h6-7,15H,2-5,14H2,1H3. The zero-order valence-electron chi connectivity index (χ0n) is 11.2. The van der Waals surface area contributed by atoms with Crippen molar-refractivity contribution in [3.63, 3.8) is 0 Å². The van der Waals surface area contributed by atoms with Crippen LogP contribution in [0.1, 0.15) is 11.7 Å². The minimum absolute atomic E-state index is 0.552. The second kappa shape index (κ2) is 5.28. The summed E-state index contributed by atoms with van der Waals surface area (Å²) >= 11 is 0. The molecule has 0 bridgehead atoms. The molecule has 1 aliphatic rings. The first-order valence-corrected chi connectivity index (χ1v) is 6.44. The summed E-state index contributed by atoms with van der Waals surface area (Å²) in [4.78, 5) is 4.14. The molecule has 0 radical (unpaired) electrons. The van der Waals surface area contributed by atoms with Crippen molar-refractivity contribution in [2.45, 2.75) is 13.3 Å². The highest BCUT2D eigenvalue weighted by Gasteiger charge is 2.14. The van der Waals surface area contributed by atoms with Gasteiger partial charge in [-0.05, 0) is 0 Å². The SMILES string of the molecule is Cc1nc(CCNc2cc3c(cc2N)OCCO3)no1. The number of ether oxygens (including phenoxy) is 2. The number of nitrogen functional groups attached to an aromatic ring is 1. The smallest absolute Gasteiger partial charge is 0.223 e. The van der Waals surface area contributed by atoms with Crippen LogP contribution in [0.15, 0.2) is 16.7 Å².